The number of halogens is 1. The molecule has 0 fully saturated rings. The standard InChI is InChI=1S/C16H26BrNO/c1-3-5-6-7-11-19-16(15(18)4-2)13-9-8-10-14(17)12-13/h8-10,12,15-16H,3-7,11,18H2,1-2H3. The zero-order valence-electron chi connectivity index (χ0n) is 12.1. The van der Waals surface area contributed by atoms with Gasteiger partial charge < -0.3 is 10.5 Å². The first kappa shape index (κ1) is 16.7. The molecule has 0 spiro atoms. The van der Waals surface area contributed by atoms with Crippen LogP contribution in [-0.4, -0.2) is 12.6 Å². The van der Waals surface area contributed by atoms with Gasteiger partial charge >= 0.3 is 0 Å². The van der Waals surface area contributed by atoms with Gasteiger partial charge in [0.1, 0.15) is 0 Å². The van der Waals surface area contributed by atoms with Crippen molar-refractivity contribution in [1.82, 2.24) is 0 Å². The Hall–Kier alpha value is -0.380. The summed E-state index contributed by atoms with van der Waals surface area (Å²) in [5.74, 6) is 0. The molecule has 0 aliphatic carbocycles. The highest BCUT2D eigenvalue weighted by Gasteiger charge is 2.19. The maximum atomic E-state index is 6.20. The first-order valence-electron chi connectivity index (χ1n) is 7.31. The highest BCUT2D eigenvalue weighted by Crippen LogP contribution is 2.25. The number of rotatable bonds is 9. The Labute approximate surface area is 125 Å². The van der Waals surface area contributed by atoms with Gasteiger partial charge in [0.05, 0.1) is 6.10 Å². The van der Waals surface area contributed by atoms with Gasteiger partial charge in [0.15, 0.2) is 0 Å². The third-order valence-electron chi connectivity index (χ3n) is 3.33. The minimum absolute atomic E-state index is 0.00382. The fourth-order valence-electron chi connectivity index (χ4n) is 2.10. The first-order valence-corrected chi connectivity index (χ1v) is 8.11. The Kier molecular flexibility index (Phi) is 8.35. The van der Waals surface area contributed by atoms with Gasteiger partial charge in [0.25, 0.3) is 0 Å². The summed E-state index contributed by atoms with van der Waals surface area (Å²) in [5.41, 5.74) is 7.37. The van der Waals surface area contributed by atoms with Gasteiger partial charge in [-0.3, -0.25) is 0 Å². The summed E-state index contributed by atoms with van der Waals surface area (Å²) in [6.07, 6.45) is 5.82. The van der Waals surface area contributed by atoms with Crippen LogP contribution in [0.3, 0.4) is 0 Å². The molecule has 0 amide bonds. The number of ether oxygens (including phenoxy) is 1. The molecule has 2 unspecified atom stereocenters. The van der Waals surface area contributed by atoms with Gasteiger partial charge in [-0.25, -0.2) is 0 Å². The van der Waals surface area contributed by atoms with Gasteiger partial charge in [-0.15, -0.1) is 0 Å². The van der Waals surface area contributed by atoms with Crippen LogP contribution in [0.2, 0.25) is 0 Å². The van der Waals surface area contributed by atoms with E-state index in [2.05, 4.69) is 41.9 Å². The maximum absolute atomic E-state index is 6.20. The van der Waals surface area contributed by atoms with E-state index in [1.54, 1.807) is 0 Å². The monoisotopic (exact) mass is 327 g/mol. The lowest BCUT2D eigenvalue weighted by atomic mass is 10.0. The second-order valence-corrected chi connectivity index (χ2v) is 5.89. The summed E-state index contributed by atoms with van der Waals surface area (Å²) in [5, 5.41) is 0. The molecule has 0 radical (unpaired) electrons. The van der Waals surface area contributed by atoms with Gasteiger partial charge in [0.2, 0.25) is 0 Å². The molecule has 3 heteroatoms. The Morgan fingerprint density at radius 1 is 1.21 bits per heavy atom. The average Bonchev–Trinajstić information content (AvgIpc) is 2.42. The van der Waals surface area contributed by atoms with Crippen LogP contribution in [-0.2, 0) is 4.74 Å². The summed E-state index contributed by atoms with van der Waals surface area (Å²) in [4.78, 5) is 0. The molecule has 2 N–H and O–H groups in total. The molecule has 0 saturated heterocycles. The lowest BCUT2D eigenvalue weighted by Crippen LogP contribution is -2.29. The molecule has 1 rings (SSSR count). The first-order chi connectivity index (χ1) is 9.19. The third-order valence-corrected chi connectivity index (χ3v) is 3.83. The Bertz CT molecular complexity index is 356. The van der Waals surface area contributed by atoms with Crippen molar-refractivity contribution in [3.8, 4) is 0 Å². The second-order valence-electron chi connectivity index (χ2n) is 4.98. The molecule has 108 valence electrons. The van der Waals surface area contributed by atoms with Gasteiger partial charge in [-0.2, -0.15) is 0 Å². The van der Waals surface area contributed by atoms with E-state index in [4.69, 9.17) is 10.5 Å². The van der Waals surface area contributed by atoms with E-state index < -0.39 is 0 Å². The third kappa shape index (κ3) is 6.07. The number of hydrogen-bond acceptors (Lipinski definition) is 2. The molecule has 0 heterocycles. The summed E-state index contributed by atoms with van der Waals surface area (Å²) in [7, 11) is 0. The molecule has 0 aromatic heterocycles. The molecular weight excluding hydrogens is 302 g/mol. The van der Waals surface area contributed by atoms with Crippen molar-refractivity contribution in [1.29, 1.82) is 0 Å². The minimum Gasteiger partial charge on any atom is -0.372 e. The number of hydrogen-bond donors (Lipinski definition) is 1. The molecule has 1 aromatic carbocycles. The van der Waals surface area contributed by atoms with Crippen molar-refractivity contribution in [2.45, 2.75) is 58.1 Å². The SMILES string of the molecule is CCCCCCOC(c1cccc(Br)c1)C(N)CC. The van der Waals surface area contributed by atoms with Crippen molar-refractivity contribution in [2.24, 2.45) is 5.73 Å². The minimum atomic E-state index is 0.00382. The van der Waals surface area contributed by atoms with E-state index in [0.717, 1.165) is 23.9 Å². The Balaban J connectivity index is 2.57. The highest BCUT2D eigenvalue weighted by molar-refractivity contribution is 9.10. The molecule has 0 aliphatic rings. The van der Waals surface area contributed by atoms with Crippen LogP contribution >= 0.6 is 15.9 Å². The number of nitrogens with two attached hydrogens (primary N) is 1. The smallest absolute Gasteiger partial charge is 0.0975 e. The van der Waals surface area contributed by atoms with Crippen LogP contribution in [0.1, 0.15) is 57.6 Å². The molecule has 1 aromatic rings. The van der Waals surface area contributed by atoms with Crippen LogP contribution in [0, 0.1) is 0 Å². The summed E-state index contributed by atoms with van der Waals surface area (Å²) in [6, 6.07) is 8.32. The largest absolute Gasteiger partial charge is 0.372 e. The van der Waals surface area contributed by atoms with Crippen molar-refractivity contribution in [3.63, 3.8) is 0 Å². The molecule has 2 atom stereocenters. The van der Waals surface area contributed by atoms with Crippen LogP contribution in [0.4, 0.5) is 0 Å². The zero-order valence-corrected chi connectivity index (χ0v) is 13.7. The predicted molar refractivity (Wildman–Crippen MR) is 85.2 cm³/mol. The quantitative estimate of drug-likeness (QED) is 0.659. The predicted octanol–water partition coefficient (Wildman–Crippen LogP) is 4.82. The Morgan fingerprint density at radius 2 is 2.00 bits per heavy atom. The lowest BCUT2D eigenvalue weighted by molar-refractivity contribution is 0.0311. The number of benzene rings is 1. The van der Waals surface area contributed by atoms with E-state index in [1.165, 1.54) is 24.8 Å². The van der Waals surface area contributed by atoms with E-state index in [9.17, 15) is 0 Å². The molecule has 19 heavy (non-hydrogen) atoms. The summed E-state index contributed by atoms with van der Waals surface area (Å²) < 4.78 is 7.11. The van der Waals surface area contributed by atoms with E-state index in [0.29, 0.717) is 0 Å². The maximum Gasteiger partial charge on any atom is 0.0975 e. The van der Waals surface area contributed by atoms with E-state index in [-0.39, 0.29) is 12.1 Å². The van der Waals surface area contributed by atoms with Crippen molar-refractivity contribution < 1.29 is 4.74 Å². The molecule has 0 bridgehead atoms. The molecular formula is C16H26BrNO. The van der Waals surface area contributed by atoms with E-state index in [1.807, 2.05) is 12.1 Å². The fourth-order valence-corrected chi connectivity index (χ4v) is 2.52. The van der Waals surface area contributed by atoms with Gasteiger partial charge in [0, 0.05) is 17.1 Å². The van der Waals surface area contributed by atoms with Crippen LogP contribution in [0.25, 0.3) is 0 Å². The van der Waals surface area contributed by atoms with Crippen molar-refractivity contribution in [2.75, 3.05) is 6.61 Å². The van der Waals surface area contributed by atoms with Gasteiger partial charge in [-0.1, -0.05) is 61.2 Å². The van der Waals surface area contributed by atoms with Crippen molar-refractivity contribution in [3.05, 3.63) is 34.3 Å². The normalized spacial score (nSPS) is 14.3. The summed E-state index contributed by atoms with van der Waals surface area (Å²) in [6.45, 7) is 5.12. The average molecular weight is 328 g/mol. The van der Waals surface area contributed by atoms with E-state index >= 15 is 0 Å². The molecule has 0 aliphatic heterocycles. The second kappa shape index (κ2) is 9.51. The number of unbranched alkanes of at least 4 members (excludes halogenated alkanes) is 3. The van der Waals surface area contributed by atoms with Crippen LogP contribution < -0.4 is 5.73 Å². The molecule has 2 nitrogen and oxygen atoms in total. The highest BCUT2D eigenvalue weighted by atomic mass is 79.9. The fraction of sp³-hybridized carbons (Fsp3) is 0.625. The lowest BCUT2D eigenvalue weighted by Gasteiger charge is -2.24. The topological polar surface area (TPSA) is 35.2 Å². The van der Waals surface area contributed by atoms with Crippen LogP contribution in [0.5, 0.6) is 0 Å². The zero-order chi connectivity index (χ0) is 14.1. The summed E-state index contributed by atoms with van der Waals surface area (Å²) >= 11 is 3.51. The van der Waals surface area contributed by atoms with Crippen molar-refractivity contribution >= 4 is 15.9 Å². The van der Waals surface area contributed by atoms with Crippen LogP contribution in [0.15, 0.2) is 28.7 Å². The van der Waals surface area contributed by atoms with Gasteiger partial charge in [-0.05, 0) is 30.5 Å². The Morgan fingerprint density at radius 3 is 2.63 bits per heavy atom. The molecule has 0 saturated carbocycles.